The summed E-state index contributed by atoms with van der Waals surface area (Å²) in [6.45, 7) is 1.14. The summed E-state index contributed by atoms with van der Waals surface area (Å²) in [5, 5.41) is 0. The van der Waals surface area contributed by atoms with Crippen LogP contribution in [0.1, 0.15) is 17.9 Å². The molecule has 2 unspecified atom stereocenters. The number of halogens is 2. The molecule has 0 bridgehead atoms. The molecule has 6 heteroatoms. The molecule has 2 aromatic rings. The third-order valence-electron chi connectivity index (χ3n) is 4.61. The first-order chi connectivity index (χ1) is 12.0. The molecule has 2 N–H and O–H groups in total. The first-order valence-corrected chi connectivity index (χ1v) is 8.19. The Balaban J connectivity index is 1.88. The van der Waals surface area contributed by atoms with E-state index in [1.54, 1.807) is 14.2 Å². The zero-order chi connectivity index (χ0) is 18.0. The lowest BCUT2D eigenvalue weighted by atomic mass is 9.88. The van der Waals surface area contributed by atoms with Crippen molar-refractivity contribution >= 4 is 5.69 Å². The van der Waals surface area contributed by atoms with Crippen LogP contribution in [0, 0.1) is 11.6 Å². The van der Waals surface area contributed by atoms with E-state index in [2.05, 4.69) is 0 Å². The van der Waals surface area contributed by atoms with Crippen LogP contribution in [-0.4, -0.2) is 33.4 Å². The minimum absolute atomic E-state index is 0.101. The SMILES string of the molecule is COc1ccc(C2CC(N)CN(c3ccc(F)cc3F)C2)cc1OC. The van der Waals surface area contributed by atoms with Crippen LogP contribution in [0.2, 0.25) is 0 Å². The van der Waals surface area contributed by atoms with E-state index in [-0.39, 0.29) is 12.0 Å². The summed E-state index contributed by atoms with van der Waals surface area (Å²) in [6.07, 6.45) is 0.787. The van der Waals surface area contributed by atoms with Crippen molar-refractivity contribution in [3.63, 3.8) is 0 Å². The minimum Gasteiger partial charge on any atom is -0.493 e. The molecular formula is C19H22F2N2O2. The van der Waals surface area contributed by atoms with Crippen LogP contribution in [0.3, 0.4) is 0 Å². The van der Waals surface area contributed by atoms with Crippen LogP contribution in [0.15, 0.2) is 36.4 Å². The normalized spacial score (nSPS) is 20.4. The molecule has 0 aromatic heterocycles. The standard InChI is InChI=1S/C19H22F2N2O2/c1-24-18-6-3-12(8-19(18)25-2)13-7-15(22)11-23(10-13)17-5-4-14(20)9-16(17)21/h3-6,8-9,13,15H,7,10-11,22H2,1-2H3. The van der Waals surface area contributed by atoms with Gasteiger partial charge in [0.1, 0.15) is 11.6 Å². The predicted molar refractivity (Wildman–Crippen MR) is 93.5 cm³/mol. The van der Waals surface area contributed by atoms with Crippen molar-refractivity contribution in [2.24, 2.45) is 5.73 Å². The summed E-state index contributed by atoms with van der Waals surface area (Å²) >= 11 is 0. The Labute approximate surface area is 146 Å². The van der Waals surface area contributed by atoms with Gasteiger partial charge in [-0.05, 0) is 36.2 Å². The fourth-order valence-corrected chi connectivity index (χ4v) is 3.42. The number of anilines is 1. The van der Waals surface area contributed by atoms with Crippen molar-refractivity contribution in [1.82, 2.24) is 0 Å². The molecular weight excluding hydrogens is 326 g/mol. The first kappa shape index (κ1) is 17.5. The Hall–Kier alpha value is -2.34. The second kappa shape index (κ2) is 7.27. The summed E-state index contributed by atoms with van der Waals surface area (Å²) < 4.78 is 38.0. The highest BCUT2D eigenvalue weighted by Crippen LogP contribution is 2.35. The van der Waals surface area contributed by atoms with E-state index in [1.807, 2.05) is 23.1 Å². The van der Waals surface area contributed by atoms with Gasteiger partial charge in [-0.2, -0.15) is 0 Å². The number of piperidine rings is 1. The van der Waals surface area contributed by atoms with E-state index >= 15 is 0 Å². The van der Waals surface area contributed by atoms with E-state index in [1.165, 1.54) is 12.1 Å². The number of hydrogen-bond acceptors (Lipinski definition) is 4. The fourth-order valence-electron chi connectivity index (χ4n) is 3.42. The van der Waals surface area contributed by atoms with Crippen molar-refractivity contribution in [3.8, 4) is 11.5 Å². The van der Waals surface area contributed by atoms with Crippen LogP contribution in [0.25, 0.3) is 0 Å². The molecule has 134 valence electrons. The number of nitrogens with zero attached hydrogens (tertiary/aromatic N) is 1. The lowest BCUT2D eigenvalue weighted by Gasteiger charge is -2.38. The molecule has 1 fully saturated rings. The van der Waals surface area contributed by atoms with Gasteiger partial charge in [0.25, 0.3) is 0 Å². The van der Waals surface area contributed by atoms with Crippen LogP contribution < -0.4 is 20.1 Å². The van der Waals surface area contributed by atoms with Gasteiger partial charge in [0, 0.05) is 31.1 Å². The predicted octanol–water partition coefficient (Wildman–Crippen LogP) is 3.30. The van der Waals surface area contributed by atoms with Crippen LogP contribution in [-0.2, 0) is 0 Å². The first-order valence-electron chi connectivity index (χ1n) is 8.19. The third kappa shape index (κ3) is 3.69. The summed E-state index contributed by atoms with van der Waals surface area (Å²) in [7, 11) is 3.18. The Bertz CT molecular complexity index is 754. The second-order valence-electron chi connectivity index (χ2n) is 6.31. The highest BCUT2D eigenvalue weighted by molar-refractivity contribution is 5.50. The molecule has 0 aliphatic carbocycles. The molecule has 2 aromatic carbocycles. The molecule has 1 saturated heterocycles. The molecule has 3 rings (SSSR count). The molecule has 0 saturated carbocycles. The molecule has 1 aliphatic rings. The van der Waals surface area contributed by atoms with E-state index in [0.717, 1.165) is 18.1 Å². The zero-order valence-electron chi connectivity index (χ0n) is 14.3. The number of nitrogens with two attached hydrogens (primary N) is 1. The lowest BCUT2D eigenvalue weighted by Crippen LogP contribution is -2.46. The smallest absolute Gasteiger partial charge is 0.160 e. The molecule has 0 amide bonds. The average molecular weight is 348 g/mol. The Morgan fingerprint density at radius 2 is 1.76 bits per heavy atom. The van der Waals surface area contributed by atoms with Crippen LogP contribution in [0.5, 0.6) is 11.5 Å². The molecule has 25 heavy (non-hydrogen) atoms. The summed E-state index contributed by atoms with van der Waals surface area (Å²) in [5.41, 5.74) is 7.64. The number of hydrogen-bond donors (Lipinski definition) is 1. The summed E-state index contributed by atoms with van der Waals surface area (Å²) in [5.74, 6) is 0.277. The van der Waals surface area contributed by atoms with Gasteiger partial charge in [-0.25, -0.2) is 8.78 Å². The number of benzene rings is 2. The molecule has 4 nitrogen and oxygen atoms in total. The average Bonchev–Trinajstić information content (AvgIpc) is 2.60. The maximum Gasteiger partial charge on any atom is 0.160 e. The third-order valence-corrected chi connectivity index (χ3v) is 4.61. The lowest BCUT2D eigenvalue weighted by molar-refractivity contribution is 0.353. The molecule has 0 spiro atoms. The van der Waals surface area contributed by atoms with Crippen molar-refractivity contribution < 1.29 is 18.3 Å². The number of ether oxygens (including phenoxy) is 2. The van der Waals surface area contributed by atoms with Crippen molar-refractivity contribution in [1.29, 1.82) is 0 Å². The quantitative estimate of drug-likeness (QED) is 0.921. The van der Waals surface area contributed by atoms with Gasteiger partial charge < -0.3 is 20.1 Å². The Kier molecular flexibility index (Phi) is 5.08. The van der Waals surface area contributed by atoms with Gasteiger partial charge >= 0.3 is 0 Å². The van der Waals surface area contributed by atoms with Gasteiger partial charge in [-0.1, -0.05) is 6.07 Å². The monoisotopic (exact) mass is 348 g/mol. The van der Waals surface area contributed by atoms with Crippen LogP contribution in [0.4, 0.5) is 14.5 Å². The largest absolute Gasteiger partial charge is 0.493 e. The maximum atomic E-state index is 14.1. The highest BCUT2D eigenvalue weighted by atomic mass is 19.1. The van der Waals surface area contributed by atoms with Crippen molar-refractivity contribution in [2.75, 3.05) is 32.2 Å². The van der Waals surface area contributed by atoms with Gasteiger partial charge in [0.2, 0.25) is 0 Å². The number of rotatable bonds is 4. The van der Waals surface area contributed by atoms with Gasteiger partial charge in [0.05, 0.1) is 19.9 Å². The summed E-state index contributed by atoms with van der Waals surface area (Å²) in [6, 6.07) is 9.30. The van der Waals surface area contributed by atoms with E-state index in [9.17, 15) is 8.78 Å². The Morgan fingerprint density at radius 3 is 2.44 bits per heavy atom. The van der Waals surface area contributed by atoms with Gasteiger partial charge in [-0.15, -0.1) is 0 Å². The summed E-state index contributed by atoms with van der Waals surface area (Å²) in [4.78, 5) is 1.88. The van der Waals surface area contributed by atoms with Gasteiger partial charge in [-0.3, -0.25) is 0 Å². The number of methoxy groups -OCH3 is 2. The highest BCUT2D eigenvalue weighted by Gasteiger charge is 2.28. The van der Waals surface area contributed by atoms with E-state index < -0.39 is 11.6 Å². The van der Waals surface area contributed by atoms with E-state index in [4.69, 9.17) is 15.2 Å². The molecule has 1 aliphatic heterocycles. The molecule has 2 atom stereocenters. The van der Waals surface area contributed by atoms with E-state index in [0.29, 0.717) is 30.3 Å². The zero-order valence-corrected chi connectivity index (χ0v) is 14.3. The topological polar surface area (TPSA) is 47.7 Å². The molecule has 1 heterocycles. The maximum absolute atomic E-state index is 14.1. The van der Waals surface area contributed by atoms with Crippen molar-refractivity contribution in [2.45, 2.75) is 18.4 Å². The van der Waals surface area contributed by atoms with Crippen LogP contribution >= 0.6 is 0 Å². The minimum atomic E-state index is -0.584. The molecule has 0 radical (unpaired) electrons. The fraction of sp³-hybridized carbons (Fsp3) is 0.368. The van der Waals surface area contributed by atoms with Gasteiger partial charge in [0.15, 0.2) is 11.5 Å². The Morgan fingerprint density at radius 1 is 1.00 bits per heavy atom. The second-order valence-corrected chi connectivity index (χ2v) is 6.31. The van der Waals surface area contributed by atoms with Crippen molar-refractivity contribution in [3.05, 3.63) is 53.6 Å².